The summed E-state index contributed by atoms with van der Waals surface area (Å²) < 4.78 is 47.2. The number of carbonyl (C=O) groups is 1. The van der Waals surface area contributed by atoms with Crippen LogP contribution in [0, 0.1) is 5.82 Å². The second-order valence-corrected chi connectivity index (χ2v) is 10.2. The Balaban J connectivity index is 1.69. The van der Waals surface area contributed by atoms with Crippen LogP contribution in [0.15, 0.2) is 77.7 Å². The number of carbonyl (C=O) groups excluding carboxylic acids is 1. The minimum absolute atomic E-state index is 0.0447. The van der Waals surface area contributed by atoms with Crippen LogP contribution < -0.4 is 9.04 Å². The van der Waals surface area contributed by atoms with Crippen LogP contribution in [0.3, 0.4) is 0 Å². The fraction of sp³-hybridized carbons (Fsp3) is 0.240. The zero-order chi connectivity index (χ0) is 24.3. The Kier molecular flexibility index (Phi) is 7.09. The van der Waals surface area contributed by atoms with Crippen LogP contribution in [0.5, 0.6) is 5.75 Å². The second-order valence-electron chi connectivity index (χ2n) is 7.94. The molecule has 1 unspecified atom stereocenters. The molecule has 0 radical (unpaired) electrons. The lowest BCUT2D eigenvalue weighted by Gasteiger charge is -2.30. The SMILES string of the molecule is COc1ccccc1S(=O)(=O)N(CC(=O)N1CCCC1c1ccc(F)cc1)c1ccc(Cl)cc1. The maximum atomic E-state index is 13.7. The van der Waals surface area contributed by atoms with E-state index in [9.17, 15) is 17.6 Å². The van der Waals surface area contributed by atoms with Gasteiger partial charge in [0.05, 0.1) is 18.8 Å². The van der Waals surface area contributed by atoms with Crippen molar-refractivity contribution in [1.82, 2.24) is 4.90 Å². The minimum Gasteiger partial charge on any atom is -0.495 e. The quantitative estimate of drug-likeness (QED) is 0.453. The lowest BCUT2D eigenvalue weighted by molar-refractivity contribution is -0.130. The Morgan fingerprint density at radius 2 is 1.76 bits per heavy atom. The normalized spacial score (nSPS) is 15.9. The Morgan fingerprint density at radius 1 is 1.09 bits per heavy atom. The molecule has 0 aromatic heterocycles. The van der Waals surface area contributed by atoms with Gasteiger partial charge in [-0.3, -0.25) is 9.10 Å². The number of ether oxygens (including phenoxy) is 1. The molecule has 178 valence electrons. The Hall–Kier alpha value is -3.10. The minimum atomic E-state index is -4.15. The number of anilines is 1. The van der Waals surface area contributed by atoms with E-state index in [1.54, 1.807) is 59.5 Å². The highest BCUT2D eigenvalue weighted by Crippen LogP contribution is 2.34. The molecule has 1 aliphatic rings. The van der Waals surface area contributed by atoms with Crippen molar-refractivity contribution in [3.8, 4) is 5.75 Å². The van der Waals surface area contributed by atoms with Gasteiger partial charge in [0, 0.05) is 11.6 Å². The molecule has 1 saturated heterocycles. The molecule has 1 fully saturated rings. The van der Waals surface area contributed by atoms with E-state index in [4.69, 9.17) is 16.3 Å². The summed E-state index contributed by atoms with van der Waals surface area (Å²) in [6, 6.07) is 18.3. The molecule has 1 amide bonds. The van der Waals surface area contributed by atoms with Crippen LogP contribution in [0.4, 0.5) is 10.1 Å². The number of nitrogens with zero attached hydrogens (tertiary/aromatic N) is 2. The van der Waals surface area contributed by atoms with Gasteiger partial charge in [-0.15, -0.1) is 0 Å². The third-order valence-corrected chi connectivity index (χ3v) is 7.92. The van der Waals surface area contributed by atoms with Gasteiger partial charge in [-0.05, 0) is 66.9 Å². The Labute approximate surface area is 203 Å². The van der Waals surface area contributed by atoms with E-state index < -0.39 is 16.6 Å². The van der Waals surface area contributed by atoms with Gasteiger partial charge in [0.1, 0.15) is 23.0 Å². The second kappa shape index (κ2) is 10.0. The number of amides is 1. The van der Waals surface area contributed by atoms with E-state index in [1.165, 1.54) is 25.3 Å². The zero-order valence-corrected chi connectivity index (χ0v) is 20.1. The van der Waals surface area contributed by atoms with Crippen molar-refractivity contribution in [3.63, 3.8) is 0 Å². The highest BCUT2D eigenvalue weighted by atomic mass is 35.5. The summed E-state index contributed by atoms with van der Waals surface area (Å²) in [4.78, 5) is 15.1. The number of hydrogen-bond donors (Lipinski definition) is 0. The van der Waals surface area contributed by atoms with Crippen molar-refractivity contribution in [2.75, 3.05) is 24.5 Å². The summed E-state index contributed by atoms with van der Waals surface area (Å²) in [5.41, 5.74) is 1.12. The summed E-state index contributed by atoms with van der Waals surface area (Å²) in [7, 11) is -2.76. The molecule has 0 aliphatic carbocycles. The third kappa shape index (κ3) is 4.88. The topological polar surface area (TPSA) is 66.9 Å². The molecule has 34 heavy (non-hydrogen) atoms. The number of hydrogen-bond acceptors (Lipinski definition) is 4. The fourth-order valence-corrected chi connectivity index (χ4v) is 5.88. The molecule has 1 heterocycles. The third-order valence-electron chi connectivity index (χ3n) is 5.86. The smallest absolute Gasteiger partial charge is 0.268 e. The monoisotopic (exact) mass is 502 g/mol. The summed E-state index contributed by atoms with van der Waals surface area (Å²) in [6.07, 6.45) is 1.49. The number of sulfonamides is 1. The fourth-order valence-electron chi connectivity index (χ4n) is 4.18. The summed E-state index contributed by atoms with van der Waals surface area (Å²) in [6.45, 7) is 0.0871. The van der Waals surface area contributed by atoms with E-state index in [0.717, 1.165) is 22.7 Å². The van der Waals surface area contributed by atoms with Crippen LogP contribution in [-0.2, 0) is 14.8 Å². The zero-order valence-electron chi connectivity index (χ0n) is 18.5. The van der Waals surface area contributed by atoms with Gasteiger partial charge in [0.2, 0.25) is 5.91 Å². The van der Waals surface area contributed by atoms with Gasteiger partial charge in [0.25, 0.3) is 10.0 Å². The van der Waals surface area contributed by atoms with Crippen molar-refractivity contribution in [1.29, 1.82) is 0 Å². The van der Waals surface area contributed by atoms with Crippen LogP contribution in [0.25, 0.3) is 0 Å². The first kappa shape index (κ1) is 24.0. The maximum absolute atomic E-state index is 13.7. The molecular weight excluding hydrogens is 479 g/mol. The van der Waals surface area contributed by atoms with Gasteiger partial charge in [0.15, 0.2) is 0 Å². The molecule has 6 nitrogen and oxygen atoms in total. The number of benzene rings is 3. The van der Waals surface area contributed by atoms with E-state index in [2.05, 4.69) is 0 Å². The molecule has 3 aromatic carbocycles. The highest BCUT2D eigenvalue weighted by molar-refractivity contribution is 7.93. The standard InChI is InChI=1S/C25H24ClFN2O4S/c1-33-23-6-2-3-7-24(23)34(31,32)29(21-14-10-19(26)11-15-21)17-25(30)28-16-4-5-22(28)18-8-12-20(27)13-9-18/h2-3,6-15,22H,4-5,16-17H2,1H3. The lowest BCUT2D eigenvalue weighted by atomic mass is 10.0. The van der Waals surface area contributed by atoms with Crippen LogP contribution in [-0.4, -0.2) is 39.4 Å². The molecule has 0 N–H and O–H groups in total. The van der Waals surface area contributed by atoms with Crippen molar-refractivity contribution < 1.29 is 22.3 Å². The van der Waals surface area contributed by atoms with E-state index in [0.29, 0.717) is 17.3 Å². The largest absolute Gasteiger partial charge is 0.495 e. The Morgan fingerprint density at radius 3 is 2.44 bits per heavy atom. The van der Waals surface area contributed by atoms with E-state index in [-0.39, 0.29) is 28.4 Å². The first-order chi connectivity index (χ1) is 16.3. The molecule has 1 aliphatic heterocycles. The Bertz CT molecular complexity index is 1270. The van der Waals surface area contributed by atoms with E-state index >= 15 is 0 Å². The summed E-state index contributed by atoms with van der Waals surface area (Å²) in [5.74, 6) is -0.518. The molecule has 1 atom stereocenters. The van der Waals surface area contributed by atoms with Crippen molar-refractivity contribution >= 4 is 33.2 Å². The summed E-state index contributed by atoms with van der Waals surface area (Å²) >= 11 is 6.01. The van der Waals surface area contributed by atoms with Gasteiger partial charge in [-0.2, -0.15) is 0 Å². The number of para-hydroxylation sites is 1. The predicted molar refractivity (Wildman–Crippen MR) is 129 cm³/mol. The molecule has 9 heteroatoms. The van der Waals surface area contributed by atoms with Gasteiger partial charge in [-0.25, -0.2) is 12.8 Å². The van der Waals surface area contributed by atoms with Crippen LogP contribution in [0.2, 0.25) is 5.02 Å². The lowest BCUT2D eigenvalue weighted by Crippen LogP contribution is -2.43. The number of methoxy groups -OCH3 is 1. The van der Waals surface area contributed by atoms with Crippen LogP contribution >= 0.6 is 11.6 Å². The number of rotatable bonds is 7. The summed E-state index contributed by atoms with van der Waals surface area (Å²) in [5, 5.41) is 0.445. The molecule has 0 spiro atoms. The van der Waals surface area contributed by atoms with Crippen molar-refractivity contribution in [2.24, 2.45) is 0 Å². The number of likely N-dealkylation sites (tertiary alicyclic amines) is 1. The van der Waals surface area contributed by atoms with Gasteiger partial charge < -0.3 is 9.64 Å². The molecule has 0 saturated carbocycles. The molecular formula is C25H24ClFN2O4S. The van der Waals surface area contributed by atoms with Gasteiger partial charge in [-0.1, -0.05) is 35.9 Å². The first-order valence-electron chi connectivity index (χ1n) is 10.8. The highest BCUT2D eigenvalue weighted by Gasteiger charge is 2.35. The maximum Gasteiger partial charge on any atom is 0.268 e. The van der Waals surface area contributed by atoms with Gasteiger partial charge >= 0.3 is 0 Å². The first-order valence-corrected chi connectivity index (χ1v) is 12.6. The molecule has 3 aromatic rings. The number of halogens is 2. The van der Waals surface area contributed by atoms with Crippen molar-refractivity contribution in [2.45, 2.75) is 23.8 Å². The predicted octanol–water partition coefficient (Wildman–Crippen LogP) is 5.05. The van der Waals surface area contributed by atoms with Crippen LogP contribution in [0.1, 0.15) is 24.4 Å². The van der Waals surface area contributed by atoms with E-state index in [1.807, 2.05) is 0 Å². The average Bonchev–Trinajstić information content (AvgIpc) is 3.33. The molecule has 4 rings (SSSR count). The van der Waals surface area contributed by atoms with Crippen molar-refractivity contribution in [3.05, 3.63) is 89.2 Å². The molecule has 0 bridgehead atoms. The average molecular weight is 503 g/mol.